The summed E-state index contributed by atoms with van der Waals surface area (Å²) in [5.74, 6) is 6.85. The summed E-state index contributed by atoms with van der Waals surface area (Å²) < 4.78 is 0. The zero-order valence-electron chi connectivity index (χ0n) is 15.5. The molecule has 1 aromatic rings. The Morgan fingerprint density at radius 3 is 1.95 bits per heavy atom. The molecule has 1 atom stereocenters. The molecule has 0 fully saturated rings. The summed E-state index contributed by atoms with van der Waals surface area (Å²) in [6.45, 7) is 17.1. The minimum Gasteiger partial charge on any atom is -0.306 e. The Morgan fingerprint density at radius 2 is 1.50 bits per heavy atom. The van der Waals surface area contributed by atoms with Gasteiger partial charge in [0.15, 0.2) is 0 Å². The van der Waals surface area contributed by atoms with Gasteiger partial charge in [-0.05, 0) is 23.8 Å². The van der Waals surface area contributed by atoms with E-state index in [1.165, 1.54) is 6.42 Å². The van der Waals surface area contributed by atoms with E-state index in [-0.39, 0.29) is 0 Å². The third-order valence-corrected chi connectivity index (χ3v) is 12.8. The molecule has 1 N–H and O–H groups in total. The molecule has 0 amide bonds. The highest BCUT2D eigenvalue weighted by atomic mass is 28.4. The average Bonchev–Trinajstić information content (AvgIpc) is 2.40. The lowest BCUT2D eigenvalue weighted by molar-refractivity contribution is 0.577. The predicted octanol–water partition coefficient (Wildman–Crippen LogP) is 4.92. The second-order valence-electron chi connectivity index (χ2n) is 8.31. The zero-order valence-corrected chi connectivity index (χ0v) is 17.5. The van der Waals surface area contributed by atoms with E-state index in [2.05, 4.69) is 87.6 Å². The van der Waals surface area contributed by atoms with E-state index in [0.717, 1.165) is 12.0 Å². The molecule has 0 aliphatic rings. The lowest BCUT2D eigenvalue weighted by atomic mass is 10.1. The van der Waals surface area contributed by atoms with Gasteiger partial charge in [0.2, 0.25) is 0 Å². The van der Waals surface area contributed by atoms with Crippen LogP contribution in [0.3, 0.4) is 0 Å². The number of nitrogens with one attached hydrogen (secondary N) is 1. The minimum absolute atomic E-state index is 0.314. The normalized spacial score (nSPS) is 13.6. The van der Waals surface area contributed by atoms with Crippen molar-refractivity contribution in [2.24, 2.45) is 0 Å². The van der Waals surface area contributed by atoms with Gasteiger partial charge < -0.3 is 5.32 Å². The van der Waals surface area contributed by atoms with Crippen molar-refractivity contribution in [3.05, 3.63) is 35.9 Å². The van der Waals surface area contributed by atoms with Crippen molar-refractivity contribution in [1.29, 1.82) is 0 Å². The molecule has 1 rings (SSSR count). The summed E-state index contributed by atoms with van der Waals surface area (Å²) in [6.07, 6.45) is 2.30. The lowest BCUT2D eigenvalue weighted by Gasteiger charge is -2.40. The number of hydrogen-bond donors (Lipinski definition) is 1. The molecular formula is C19H33NSi2. The number of rotatable bonds is 6. The summed E-state index contributed by atoms with van der Waals surface area (Å²) in [6, 6.07) is 10.6. The smallest absolute Gasteiger partial charge is 0.0690 e. The molecule has 1 nitrogen and oxygen atoms in total. The SMILES string of the molecule is CCCC(C#Cc1ccccc1)NC([Si](C)(C)C)[Si](C)(C)C. The second kappa shape index (κ2) is 8.15. The van der Waals surface area contributed by atoms with Crippen molar-refractivity contribution in [3.8, 4) is 11.8 Å². The van der Waals surface area contributed by atoms with E-state index in [9.17, 15) is 0 Å². The van der Waals surface area contributed by atoms with Gasteiger partial charge in [0.25, 0.3) is 0 Å². The molecule has 0 saturated heterocycles. The first-order valence-electron chi connectivity index (χ1n) is 8.47. The van der Waals surface area contributed by atoms with E-state index in [0.29, 0.717) is 11.3 Å². The van der Waals surface area contributed by atoms with Crippen LogP contribution in [0.15, 0.2) is 30.3 Å². The Hall–Kier alpha value is -0.826. The van der Waals surface area contributed by atoms with Crippen molar-refractivity contribution in [3.63, 3.8) is 0 Å². The molecule has 0 saturated carbocycles. The number of benzene rings is 1. The molecule has 0 spiro atoms. The van der Waals surface area contributed by atoms with E-state index >= 15 is 0 Å². The second-order valence-corrected chi connectivity index (χ2v) is 19.5. The molecule has 1 unspecified atom stereocenters. The summed E-state index contributed by atoms with van der Waals surface area (Å²) in [7, 11) is -2.48. The van der Waals surface area contributed by atoms with E-state index < -0.39 is 16.1 Å². The monoisotopic (exact) mass is 331 g/mol. The molecule has 1 aromatic carbocycles. The minimum atomic E-state index is -1.24. The van der Waals surface area contributed by atoms with E-state index in [4.69, 9.17) is 0 Å². The van der Waals surface area contributed by atoms with Crippen molar-refractivity contribution in [2.45, 2.75) is 70.4 Å². The van der Waals surface area contributed by atoms with Gasteiger partial charge in [-0.15, -0.1) is 0 Å². The van der Waals surface area contributed by atoms with Crippen molar-refractivity contribution in [1.82, 2.24) is 5.32 Å². The highest BCUT2D eigenvalue weighted by Gasteiger charge is 2.38. The molecule has 3 heteroatoms. The Bertz CT molecular complexity index is 486. The van der Waals surface area contributed by atoms with Gasteiger partial charge in [-0.3, -0.25) is 0 Å². The van der Waals surface area contributed by atoms with Gasteiger partial charge in [0.1, 0.15) is 0 Å². The third-order valence-electron chi connectivity index (χ3n) is 3.84. The van der Waals surface area contributed by atoms with Gasteiger partial charge >= 0.3 is 0 Å². The van der Waals surface area contributed by atoms with Crippen LogP contribution in [0.5, 0.6) is 0 Å². The summed E-state index contributed by atoms with van der Waals surface area (Å²) in [4.78, 5) is 0. The van der Waals surface area contributed by atoms with Crippen LogP contribution in [-0.4, -0.2) is 27.5 Å². The first-order chi connectivity index (χ1) is 10.1. The summed E-state index contributed by atoms with van der Waals surface area (Å²) in [5.41, 5.74) is 1.11. The summed E-state index contributed by atoms with van der Waals surface area (Å²) in [5, 5.41) is 4.65. The standard InChI is InChI=1S/C19H33NSi2/c1-8-12-18(16-15-17-13-10-9-11-14-17)20-19(21(2,3)4)22(5,6)7/h9-11,13-14,18-20H,8,12H2,1-7H3. The molecular weight excluding hydrogens is 298 g/mol. The van der Waals surface area contributed by atoms with Crippen LogP contribution in [-0.2, 0) is 0 Å². The topological polar surface area (TPSA) is 12.0 Å². The van der Waals surface area contributed by atoms with Gasteiger partial charge in [0.05, 0.1) is 22.2 Å². The fourth-order valence-corrected chi connectivity index (χ4v) is 15.0. The molecule has 0 aliphatic heterocycles. The molecule has 0 radical (unpaired) electrons. The van der Waals surface area contributed by atoms with Crippen LogP contribution in [0, 0.1) is 11.8 Å². The Balaban J connectivity index is 2.93. The Kier molecular flexibility index (Phi) is 7.12. The maximum absolute atomic E-state index is 3.96. The molecule has 0 bridgehead atoms. The highest BCUT2D eigenvalue weighted by molar-refractivity contribution is 6.96. The van der Waals surface area contributed by atoms with E-state index in [1.807, 2.05) is 6.07 Å². The molecule has 22 heavy (non-hydrogen) atoms. The van der Waals surface area contributed by atoms with Crippen molar-refractivity contribution < 1.29 is 0 Å². The van der Waals surface area contributed by atoms with Crippen molar-refractivity contribution in [2.75, 3.05) is 0 Å². The maximum Gasteiger partial charge on any atom is 0.0690 e. The van der Waals surface area contributed by atoms with Gasteiger partial charge in [0, 0.05) is 5.56 Å². The Morgan fingerprint density at radius 1 is 0.955 bits per heavy atom. The van der Waals surface area contributed by atoms with Crippen LogP contribution in [0.2, 0.25) is 39.3 Å². The van der Waals surface area contributed by atoms with Gasteiger partial charge in [-0.2, -0.15) is 0 Å². The highest BCUT2D eigenvalue weighted by Crippen LogP contribution is 2.20. The third kappa shape index (κ3) is 6.52. The largest absolute Gasteiger partial charge is 0.306 e. The van der Waals surface area contributed by atoms with Crippen LogP contribution in [0.25, 0.3) is 0 Å². The van der Waals surface area contributed by atoms with Crippen molar-refractivity contribution >= 4 is 16.1 Å². The Labute approximate surface area is 139 Å². The first kappa shape index (κ1) is 19.2. The molecule has 0 aliphatic carbocycles. The average molecular weight is 332 g/mol. The fourth-order valence-electron chi connectivity index (χ4n) is 3.18. The predicted molar refractivity (Wildman–Crippen MR) is 106 cm³/mol. The maximum atomic E-state index is 3.96. The molecule has 0 aromatic heterocycles. The molecule has 0 heterocycles. The van der Waals surface area contributed by atoms with Crippen LogP contribution < -0.4 is 5.32 Å². The number of hydrogen-bond acceptors (Lipinski definition) is 1. The molecule has 122 valence electrons. The van der Waals surface area contributed by atoms with Crippen LogP contribution in [0.1, 0.15) is 25.3 Å². The zero-order chi connectivity index (χ0) is 16.8. The lowest BCUT2D eigenvalue weighted by Crippen LogP contribution is -2.63. The van der Waals surface area contributed by atoms with Gasteiger partial charge in [-0.1, -0.05) is 82.7 Å². The summed E-state index contributed by atoms with van der Waals surface area (Å²) >= 11 is 0. The fraction of sp³-hybridized carbons (Fsp3) is 0.579. The van der Waals surface area contributed by atoms with Gasteiger partial charge in [-0.25, -0.2) is 0 Å². The van der Waals surface area contributed by atoms with Crippen LogP contribution in [0.4, 0.5) is 0 Å². The van der Waals surface area contributed by atoms with E-state index in [1.54, 1.807) is 0 Å². The van der Waals surface area contributed by atoms with Crippen LogP contribution >= 0.6 is 0 Å². The first-order valence-corrected chi connectivity index (χ1v) is 15.6. The quantitative estimate of drug-likeness (QED) is 0.576.